The van der Waals surface area contributed by atoms with Crippen molar-refractivity contribution in [3.05, 3.63) is 108 Å². The second-order valence-electron chi connectivity index (χ2n) is 8.82. The first-order chi connectivity index (χ1) is 18.3. The van der Waals surface area contributed by atoms with Gasteiger partial charge in [0, 0.05) is 0 Å². The summed E-state index contributed by atoms with van der Waals surface area (Å²) in [6.07, 6.45) is -4.92. The number of hydrogen-bond acceptors (Lipinski definition) is 9. The van der Waals surface area contributed by atoms with Crippen LogP contribution in [-0.2, 0) is 46.5 Å². The van der Waals surface area contributed by atoms with Gasteiger partial charge in [0.05, 0.1) is 25.0 Å². The fourth-order valence-corrected chi connectivity index (χ4v) is 4.70. The number of ether oxygens (including phenoxy) is 4. The van der Waals surface area contributed by atoms with Crippen LogP contribution in [0.25, 0.3) is 0 Å². The predicted molar refractivity (Wildman–Crippen MR) is 137 cm³/mol. The maximum absolute atomic E-state index is 12.5. The van der Waals surface area contributed by atoms with Crippen LogP contribution in [0.2, 0.25) is 0 Å². The molecule has 0 radical (unpaired) electrons. The lowest BCUT2D eigenvalue weighted by atomic mass is 10.1. The van der Waals surface area contributed by atoms with E-state index >= 15 is 0 Å². The first-order valence-electron chi connectivity index (χ1n) is 12.0. The second-order valence-corrected chi connectivity index (χ2v) is 10.4. The van der Waals surface area contributed by atoms with E-state index in [0.29, 0.717) is 5.56 Å². The molecule has 10 heteroatoms. The second kappa shape index (κ2) is 13.1. The molecule has 0 amide bonds. The van der Waals surface area contributed by atoms with Crippen LogP contribution in [0.5, 0.6) is 0 Å². The van der Waals surface area contributed by atoms with Crippen molar-refractivity contribution in [2.24, 2.45) is 0 Å². The number of aliphatic hydroxyl groups is 1. The zero-order valence-electron chi connectivity index (χ0n) is 20.8. The van der Waals surface area contributed by atoms with E-state index in [9.17, 15) is 18.3 Å². The highest BCUT2D eigenvalue weighted by atomic mass is 32.2. The fraction of sp³-hybridized carbons (Fsp3) is 0.321. The maximum Gasteiger partial charge on any atom is 0.338 e. The Labute approximate surface area is 222 Å². The Morgan fingerprint density at radius 3 is 1.87 bits per heavy atom. The molecule has 1 heterocycles. The lowest BCUT2D eigenvalue weighted by Gasteiger charge is -2.28. The Bertz CT molecular complexity index is 1250. The van der Waals surface area contributed by atoms with Gasteiger partial charge in [0.25, 0.3) is 10.1 Å². The lowest BCUT2D eigenvalue weighted by molar-refractivity contribution is -0.158. The molecule has 4 rings (SSSR count). The van der Waals surface area contributed by atoms with Crippen LogP contribution in [0.1, 0.15) is 21.5 Å². The summed E-state index contributed by atoms with van der Waals surface area (Å²) >= 11 is 0. The van der Waals surface area contributed by atoms with E-state index in [1.54, 1.807) is 30.3 Å². The van der Waals surface area contributed by atoms with Gasteiger partial charge in [-0.15, -0.1) is 0 Å². The molecule has 0 aromatic heterocycles. The molecule has 3 aromatic rings. The van der Waals surface area contributed by atoms with Crippen molar-refractivity contribution in [3.8, 4) is 0 Å². The molecule has 1 aliphatic heterocycles. The Morgan fingerprint density at radius 1 is 0.842 bits per heavy atom. The van der Waals surface area contributed by atoms with Gasteiger partial charge in [-0.3, -0.25) is 4.18 Å². The van der Waals surface area contributed by atoms with E-state index in [1.807, 2.05) is 60.7 Å². The first kappa shape index (κ1) is 27.9. The number of benzene rings is 3. The van der Waals surface area contributed by atoms with E-state index in [2.05, 4.69) is 0 Å². The average Bonchev–Trinajstić information content (AvgIpc) is 3.24. The molecule has 1 aliphatic rings. The maximum atomic E-state index is 12.5. The van der Waals surface area contributed by atoms with E-state index < -0.39 is 53.4 Å². The van der Waals surface area contributed by atoms with Crippen LogP contribution in [0.4, 0.5) is 0 Å². The monoisotopic (exact) mass is 542 g/mol. The number of rotatable bonds is 12. The summed E-state index contributed by atoms with van der Waals surface area (Å²) in [7, 11) is -4.00. The molecular weight excluding hydrogens is 512 g/mol. The fourth-order valence-electron chi connectivity index (χ4n) is 4.08. The highest BCUT2D eigenvalue weighted by molar-refractivity contribution is 7.86. The molecular formula is C28H30O9S. The van der Waals surface area contributed by atoms with Crippen LogP contribution in [0.3, 0.4) is 0 Å². The zero-order valence-corrected chi connectivity index (χ0v) is 21.6. The SMILES string of the molecule is CS(=O)(=O)O[C@H](COC(=O)c1ccccc1)[C@H]1O[C@@H](O)C(OCc2ccccc2)[C@@H]1OCc1ccccc1. The summed E-state index contributed by atoms with van der Waals surface area (Å²) in [5, 5.41) is 10.8. The summed E-state index contributed by atoms with van der Waals surface area (Å²) in [5.74, 6) is -0.662. The van der Waals surface area contributed by atoms with Crippen molar-refractivity contribution in [2.75, 3.05) is 12.9 Å². The first-order valence-corrected chi connectivity index (χ1v) is 13.9. The van der Waals surface area contributed by atoms with Crippen LogP contribution >= 0.6 is 0 Å². The molecule has 0 bridgehead atoms. The standard InChI is InChI=1S/C28H30O9S/c1-38(31,32)37-23(19-35-27(29)22-15-9-4-10-16-22)24-25(33-17-20-11-5-2-6-12-20)26(28(30)36-24)34-18-21-13-7-3-8-14-21/h2-16,23-26,28,30H,17-19H2,1H3/t23-,24-,25-,26?,28-/m1/s1. The molecule has 1 saturated heterocycles. The van der Waals surface area contributed by atoms with Gasteiger partial charge in [0.2, 0.25) is 0 Å². The minimum Gasteiger partial charge on any atom is -0.459 e. The number of aliphatic hydroxyl groups excluding tert-OH is 1. The van der Waals surface area contributed by atoms with Crippen molar-refractivity contribution in [1.29, 1.82) is 0 Å². The third-order valence-electron chi connectivity index (χ3n) is 5.85. The molecule has 1 unspecified atom stereocenters. The minimum absolute atomic E-state index is 0.138. The smallest absolute Gasteiger partial charge is 0.338 e. The number of carbonyl (C=O) groups excluding carboxylic acids is 1. The van der Waals surface area contributed by atoms with Gasteiger partial charge >= 0.3 is 5.97 Å². The van der Waals surface area contributed by atoms with Gasteiger partial charge in [-0.2, -0.15) is 8.42 Å². The third-order valence-corrected chi connectivity index (χ3v) is 6.45. The highest BCUT2D eigenvalue weighted by Gasteiger charge is 2.50. The van der Waals surface area contributed by atoms with Crippen molar-refractivity contribution in [1.82, 2.24) is 0 Å². The summed E-state index contributed by atoms with van der Waals surface area (Å²) in [6.45, 7) is -0.169. The quantitative estimate of drug-likeness (QED) is 0.272. The summed E-state index contributed by atoms with van der Waals surface area (Å²) < 4.78 is 52.8. The zero-order chi connectivity index (χ0) is 27.0. The van der Waals surface area contributed by atoms with Crippen molar-refractivity contribution >= 4 is 16.1 Å². The molecule has 5 atom stereocenters. The molecule has 1 fully saturated rings. The molecule has 202 valence electrons. The van der Waals surface area contributed by atoms with Gasteiger partial charge < -0.3 is 24.1 Å². The Kier molecular flexibility index (Phi) is 9.62. The van der Waals surface area contributed by atoms with Crippen molar-refractivity contribution < 1.29 is 41.4 Å². The highest BCUT2D eigenvalue weighted by Crippen LogP contribution is 2.31. The van der Waals surface area contributed by atoms with Gasteiger partial charge in [0.1, 0.15) is 31.0 Å². The lowest BCUT2D eigenvalue weighted by Crippen LogP contribution is -2.45. The molecule has 38 heavy (non-hydrogen) atoms. The topological polar surface area (TPSA) is 118 Å². The molecule has 9 nitrogen and oxygen atoms in total. The van der Waals surface area contributed by atoms with Crippen molar-refractivity contribution in [2.45, 2.75) is 43.9 Å². The Hall–Kier alpha value is -3.12. The summed E-state index contributed by atoms with van der Waals surface area (Å²) in [5.41, 5.74) is 2.01. The molecule has 0 saturated carbocycles. The van der Waals surface area contributed by atoms with Gasteiger partial charge in [-0.1, -0.05) is 78.9 Å². The van der Waals surface area contributed by atoms with Gasteiger partial charge in [-0.05, 0) is 23.3 Å². The van der Waals surface area contributed by atoms with E-state index in [4.69, 9.17) is 23.1 Å². The van der Waals surface area contributed by atoms with Crippen molar-refractivity contribution in [3.63, 3.8) is 0 Å². The third kappa shape index (κ3) is 7.94. The molecule has 3 aromatic carbocycles. The van der Waals surface area contributed by atoms with E-state index in [-0.39, 0.29) is 13.2 Å². The Morgan fingerprint density at radius 2 is 1.34 bits per heavy atom. The van der Waals surface area contributed by atoms with E-state index in [0.717, 1.165) is 17.4 Å². The minimum atomic E-state index is -4.00. The van der Waals surface area contributed by atoms with Gasteiger partial charge in [0.15, 0.2) is 6.29 Å². The molecule has 0 spiro atoms. The summed E-state index contributed by atoms with van der Waals surface area (Å²) in [4.78, 5) is 12.5. The van der Waals surface area contributed by atoms with Crippen LogP contribution in [-0.4, -0.2) is 63.1 Å². The molecule has 1 N–H and O–H groups in total. The van der Waals surface area contributed by atoms with Crippen LogP contribution < -0.4 is 0 Å². The Balaban J connectivity index is 1.54. The largest absolute Gasteiger partial charge is 0.459 e. The predicted octanol–water partition coefficient (Wildman–Crippen LogP) is 3.08. The van der Waals surface area contributed by atoms with Crippen LogP contribution in [0, 0.1) is 0 Å². The van der Waals surface area contributed by atoms with E-state index in [1.165, 1.54) is 0 Å². The summed E-state index contributed by atoms with van der Waals surface area (Å²) in [6, 6.07) is 26.9. The van der Waals surface area contributed by atoms with Gasteiger partial charge in [-0.25, -0.2) is 4.79 Å². The molecule has 0 aliphatic carbocycles. The van der Waals surface area contributed by atoms with Crippen LogP contribution in [0.15, 0.2) is 91.0 Å². The number of carbonyl (C=O) groups is 1. The average molecular weight is 543 g/mol. The number of hydrogen-bond donors (Lipinski definition) is 1. The number of esters is 1. The normalized spacial score (nSPS) is 22.2.